The van der Waals surface area contributed by atoms with Gasteiger partial charge in [-0.1, -0.05) is 24.1 Å². The molecular weight excluding hydrogens is 161 g/mol. The summed E-state index contributed by atoms with van der Waals surface area (Å²) in [4.78, 5) is 0. The van der Waals surface area contributed by atoms with Gasteiger partial charge in [-0.25, -0.2) is 4.39 Å². The van der Waals surface area contributed by atoms with Crippen molar-refractivity contribution in [2.45, 2.75) is 6.92 Å². The van der Waals surface area contributed by atoms with Crippen molar-refractivity contribution in [1.82, 2.24) is 0 Å². The Morgan fingerprint density at radius 2 is 2.18 bits per heavy atom. The summed E-state index contributed by atoms with van der Waals surface area (Å²) in [6.45, 7) is 1.75. The van der Waals surface area contributed by atoms with E-state index in [0.717, 1.165) is 0 Å². The predicted octanol–water partition coefficient (Wildman–Crippen LogP) is 2.82. The van der Waals surface area contributed by atoms with Crippen molar-refractivity contribution in [2.75, 3.05) is 11.0 Å². The molecule has 0 saturated carbocycles. The molecule has 0 radical (unpaired) electrons. The third kappa shape index (κ3) is 1.87. The molecule has 0 aliphatic heterocycles. The molecular formula is C8H10FNS. The second-order valence-corrected chi connectivity index (χ2v) is 2.86. The topological polar surface area (TPSA) is 12.0 Å². The van der Waals surface area contributed by atoms with E-state index >= 15 is 0 Å². The lowest BCUT2D eigenvalue weighted by atomic mass is 10.2. The first-order valence-electron chi connectivity index (χ1n) is 3.30. The first-order chi connectivity index (χ1) is 5.25. The summed E-state index contributed by atoms with van der Waals surface area (Å²) in [6.07, 6.45) is 1.86. The average molecular weight is 171 g/mol. The summed E-state index contributed by atoms with van der Waals surface area (Å²) in [5, 5.41) is 0. The van der Waals surface area contributed by atoms with E-state index in [1.165, 1.54) is 11.9 Å². The molecule has 0 aliphatic carbocycles. The van der Waals surface area contributed by atoms with Gasteiger partial charge in [-0.2, -0.15) is 0 Å². The maximum atomic E-state index is 13.1. The van der Waals surface area contributed by atoms with Crippen LogP contribution in [0.1, 0.15) is 5.56 Å². The van der Waals surface area contributed by atoms with E-state index in [4.69, 9.17) is 0 Å². The smallest absolute Gasteiger partial charge is 0.150 e. The molecule has 60 valence electrons. The van der Waals surface area contributed by atoms with Crippen molar-refractivity contribution in [2.24, 2.45) is 0 Å². The van der Waals surface area contributed by atoms with Crippen LogP contribution in [0.2, 0.25) is 0 Å². The van der Waals surface area contributed by atoms with Crippen LogP contribution in [0, 0.1) is 12.7 Å². The highest BCUT2D eigenvalue weighted by atomic mass is 32.2. The molecule has 1 nitrogen and oxygen atoms in total. The number of hydrogen-bond acceptors (Lipinski definition) is 2. The van der Waals surface area contributed by atoms with Crippen LogP contribution < -0.4 is 4.72 Å². The van der Waals surface area contributed by atoms with E-state index in [1.807, 2.05) is 12.3 Å². The predicted molar refractivity (Wildman–Crippen MR) is 48.3 cm³/mol. The second kappa shape index (κ2) is 3.62. The van der Waals surface area contributed by atoms with Gasteiger partial charge in [-0.3, -0.25) is 0 Å². The maximum Gasteiger partial charge on any atom is 0.150 e. The van der Waals surface area contributed by atoms with Gasteiger partial charge in [0.2, 0.25) is 0 Å². The van der Waals surface area contributed by atoms with E-state index in [9.17, 15) is 4.39 Å². The molecule has 0 spiro atoms. The lowest BCUT2D eigenvalue weighted by Crippen LogP contribution is -1.91. The fraction of sp³-hybridized carbons (Fsp3) is 0.250. The summed E-state index contributed by atoms with van der Waals surface area (Å²) >= 11 is 1.39. The fourth-order valence-electron chi connectivity index (χ4n) is 0.836. The lowest BCUT2D eigenvalue weighted by molar-refractivity contribution is 0.623. The third-order valence-electron chi connectivity index (χ3n) is 1.40. The molecule has 3 heteroatoms. The fourth-order valence-corrected chi connectivity index (χ4v) is 1.21. The maximum absolute atomic E-state index is 13.1. The zero-order valence-electron chi connectivity index (χ0n) is 6.52. The van der Waals surface area contributed by atoms with E-state index in [2.05, 4.69) is 4.72 Å². The standard InChI is InChI=1S/C8H10FNS/c1-6-4-3-5-7(8(6)9)10-11-2/h3-5,10H,1-2H3. The third-order valence-corrected chi connectivity index (χ3v) is 1.83. The van der Waals surface area contributed by atoms with E-state index in [1.54, 1.807) is 19.1 Å². The van der Waals surface area contributed by atoms with Crippen LogP contribution >= 0.6 is 11.9 Å². The van der Waals surface area contributed by atoms with E-state index < -0.39 is 0 Å². The number of hydrogen-bond donors (Lipinski definition) is 1. The summed E-state index contributed by atoms with van der Waals surface area (Å²) in [7, 11) is 0. The molecule has 0 aliphatic rings. The monoisotopic (exact) mass is 171 g/mol. The lowest BCUT2D eigenvalue weighted by Gasteiger charge is -2.04. The van der Waals surface area contributed by atoms with Gasteiger partial charge in [0.15, 0.2) is 0 Å². The molecule has 0 atom stereocenters. The second-order valence-electron chi connectivity index (χ2n) is 2.24. The van der Waals surface area contributed by atoms with Gasteiger partial charge in [0, 0.05) is 6.26 Å². The molecule has 1 rings (SSSR count). The zero-order chi connectivity index (χ0) is 8.27. The summed E-state index contributed by atoms with van der Waals surface area (Å²) in [5.41, 5.74) is 1.22. The number of nitrogens with one attached hydrogen (secondary N) is 1. The first kappa shape index (κ1) is 8.40. The largest absolute Gasteiger partial charge is 0.328 e. The molecule has 0 bridgehead atoms. The Morgan fingerprint density at radius 3 is 2.82 bits per heavy atom. The molecule has 0 unspecified atom stereocenters. The molecule has 1 aromatic carbocycles. The normalized spacial score (nSPS) is 9.73. The quantitative estimate of drug-likeness (QED) is 0.687. The van der Waals surface area contributed by atoms with Gasteiger partial charge in [-0.05, 0) is 18.6 Å². The minimum atomic E-state index is -0.165. The Kier molecular flexibility index (Phi) is 2.76. The van der Waals surface area contributed by atoms with Gasteiger partial charge in [0.25, 0.3) is 0 Å². The summed E-state index contributed by atoms with van der Waals surface area (Å²) in [6, 6.07) is 5.30. The van der Waals surface area contributed by atoms with Crippen molar-refractivity contribution in [3.8, 4) is 0 Å². The molecule has 11 heavy (non-hydrogen) atoms. The Morgan fingerprint density at radius 1 is 1.45 bits per heavy atom. The molecule has 1 N–H and O–H groups in total. The highest BCUT2D eigenvalue weighted by Gasteiger charge is 2.01. The van der Waals surface area contributed by atoms with E-state index in [-0.39, 0.29) is 5.82 Å². The van der Waals surface area contributed by atoms with Gasteiger partial charge in [-0.15, -0.1) is 0 Å². The highest BCUT2D eigenvalue weighted by molar-refractivity contribution is 7.99. The molecule has 0 aromatic heterocycles. The molecule has 0 fully saturated rings. The summed E-state index contributed by atoms with van der Waals surface area (Å²) < 4.78 is 16.0. The van der Waals surface area contributed by atoms with Gasteiger partial charge in [0.05, 0.1) is 5.69 Å². The number of rotatable bonds is 2. The number of halogens is 1. The van der Waals surface area contributed by atoms with Crippen molar-refractivity contribution < 1.29 is 4.39 Å². The van der Waals surface area contributed by atoms with Crippen molar-refractivity contribution in [1.29, 1.82) is 0 Å². The average Bonchev–Trinajstić information content (AvgIpc) is 1.99. The van der Waals surface area contributed by atoms with Gasteiger partial charge < -0.3 is 4.72 Å². The Hall–Kier alpha value is -0.700. The minimum absolute atomic E-state index is 0.165. The minimum Gasteiger partial charge on any atom is -0.328 e. The number of aryl methyl sites for hydroxylation is 1. The SMILES string of the molecule is CSNc1cccc(C)c1F. The van der Waals surface area contributed by atoms with Crippen molar-refractivity contribution in [3.63, 3.8) is 0 Å². The van der Waals surface area contributed by atoms with Crippen LogP contribution in [0.25, 0.3) is 0 Å². The van der Waals surface area contributed by atoms with Crippen molar-refractivity contribution in [3.05, 3.63) is 29.6 Å². The van der Waals surface area contributed by atoms with Crippen molar-refractivity contribution >= 4 is 17.6 Å². The van der Waals surface area contributed by atoms with Gasteiger partial charge >= 0.3 is 0 Å². The van der Waals surface area contributed by atoms with Crippen LogP contribution in [-0.2, 0) is 0 Å². The van der Waals surface area contributed by atoms with Crippen LogP contribution in [0.4, 0.5) is 10.1 Å². The Bertz CT molecular complexity index is 250. The van der Waals surface area contributed by atoms with Crippen LogP contribution in [-0.4, -0.2) is 6.26 Å². The van der Waals surface area contributed by atoms with E-state index in [0.29, 0.717) is 11.3 Å². The van der Waals surface area contributed by atoms with Crippen LogP contribution in [0.3, 0.4) is 0 Å². The summed E-state index contributed by atoms with van der Waals surface area (Å²) in [5.74, 6) is -0.165. The molecule has 0 amide bonds. The molecule has 1 aromatic rings. The first-order valence-corrected chi connectivity index (χ1v) is 4.52. The Balaban J connectivity index is 2.96. The molecule has 0 heterocycles. The Labute approximate surface area is 70.1 Å². The molecule has 0 saturated heterocycles. The number of anilines is 1. The number of benzene rings is 1. The zero-order valence-corrected chi connectivity index (χ0v) is 7.33. The highest BCUT2D eigenvalue weighted by Crippen LogP contribution is 2.18. The van der Waals surface area contributed by atoms with Gasteiger partial charge in [0.1, 0.15) is 5.82 Å². The van der Waals surface area contributed by atoms with Crippen LogP contribution in [0.5, 0.6) is 0 Å². The van der Waals surface area contributed by atoms with Crippen LogP contribution in [0.15, 0.2) is 18.2 Å².